The summed E-state index contributed by atoms with van der Waals surface area (Å²) in [4.78, 5) is 2.05. The normalized spacial score (nSPS) is 22.1. The van der Waals surface area contributed by atoms with E-state index < -0.39 is 5.60 Å². The Morgan fingerprint density at radius 3 is 2.65 bits per heavy atom. The molecule has 1 aliphatic carbocycles. The van der Waals surface area contributed by atoms with Gasteiger partial charge in [0.2, 0.25) is 0 Å². The molecule has 0 spiro atoms. The molecule has 0 bridgehead atoms. The zero-order valence-corrected chi connectivity index (χ0v) is 13.2. The van der Waals surface area contributed by atoms with Crippen LogP contribution in [0.15, 0.2) is 30.3 Å². The highest BCUT2D eigenvalue weighted by atomic mass is 35.5. The topological polar surface area (TPSA) is 32.7 Å². The molecule has 1 aliphatic rings. The third kappa shape index (κ3) is 4.23. The smallest absolute Gasteiger partial charge is 0.119 e. The van der Waals surface area contributed by atoms with E-state index in [4.69, 9.17) is 4.74 Å². The van der Waals surface area contributed by atoms with E-state index in [1.807, 2.05) is 31.1 Å². The van der Waals surface area contributed by atoms with Crippen molar-refractivity contribution in [3.63, 3.8) is 0 Å². The first-order chi connectivity index (χ1) is 9.02. The zero-order valence-electron chi connectivity index (χ0n) is 12.4. The van der Waals surface area contributed by atoms with Crippen LogP contribution in [0.2, 0.25) is 0 Å². The Morgan fingerprint density at radius 2 is 2.10 bits per heavy atom. The summed E-state index contributed by atoms with van der Waals surface area (Å²) in [5.74, 6) is 0.882. The van der Waals surface area contributed by atoms with Crippen molar-refractivity contribution >= 4 is 18.0 Å². The summed E-state index contributed by atoms with van der Waals surface area (Å²) in [5, 5.41) is 10.5. The van der Waals surface area contributed by atoms with Gasteiger partial charge in [0, 0.05) is 6.54 Å². The van der Waals surface area contributed by atoms with Crippen LogP contribution in [0.5, 0.6) is 5.75 Å². The standard InChI is InChI=1S/C16H23NO2.ClH/c1-17(2)12-16(18)9-7-13(8-10-16)14-5-4-6-15(11-14)19-3;/h4-7,11,18H,8-10,12H2,1-3H3;1H. The molecule has 1 aromatic rings. The van der Waals surface area contributed by atoms with Crippen LogP contribution in [0.3, 0.4) is 0 Å². The van der Waals surface area contributed by atoms with Gasteiger partial charge in [-0.15, -0.1) is 12.4 Å². The molecule has 1 aromatic carbocycles. The summed E-state index contributed by atoms with van der Waals surface area (Å²) in [5.41, 5.74) is 1.93. The van der Waals surface area contributed by atoms with Crippen LogP contribution >= 0.6 is 12.4 Å². The molecule has 0 saturated carbocycles. The number of methoxy groups -OCH3 is 1. The molecule has 0 heterocycles. The summed E-state index contributed by atoms with van der Waals surface area (Å²) < 4.78 is 5.26. The maximum absolute atomic E-state index is 10.5. The Hall–Kier alpha value is -1.03. The Labute approximate surface area is 127 Å². The average Bonchev–Trinajstić information content (AvgIpc) is 2.38. The van der Waals surface area contributed by atoms with Crippen molar-refractivity contribution in [2.24, 2.45) is 0 Å². The lowest BCUT2D eigenvalue weighted by atomic mass is 9.83. The second-order valence-corrected chi connectivity index (χ2v) is 5.63. The fourth-order valence-corrected chi connectivity index (χ4v) is 2.70. The van der Waals surface area contributed by atoms with Crippen molar-refractivity contribution in [2.75, 3.05) is 27.7 Å². The first-order valence-electron chi connectivity index (χ1n) is 6.73. The molecule has 1 unspecified atom stereocenters. The molecule has 1 N–H and O–H groups in total. The number of aliphatic hydroxyl groups is 1. The van der Waals surface area contributed by atoms with E-state index in [0.29, 0.717) is 0 Å². The fraction of sp³-hybridized carbons (Fsp3) is 0.500. The summed E-state index contributed by atoms with van der Waals surface area (Å²) >= 11 is 0. The maximum atomic E-state index is 10.5. The Morgan fingerprint density at radius 1 is 1.35 bits per heavy atom. The van der Waals surface area contributed by atoms with Crippen molar-refractivity contribution in [1.82, 2.24) is 4.90 Å². The summed E-state index contributed by atoms with van der Waals surface area (Å²) in [6.07, 6.45) is 4.62. The molecular formula is C16H24ClNO2. The van der Waals surface area contributed by atoms with E-state index in [1.54, 1.807) is 7.11 Å². The third-order valence-electron chi connectivity index (χ3n) is 3.64. The van der Waals surface area contributed by atoms with E-state index >= 15 is 0 Å². The molecule has 112 valence electrons. The lowest BCUT2D eigenvalue weighted by Gasteiger charge is -2.34. The Balaban J connectivity index is 0.00000200. The van der Waals surface area contributed by atoms with Gasteiger partial charge in [0.25, 0.3) is 0 Å². The highest BCUT2D eigenvalue weighted by Gasteiger charge is 2.30. The fourth-order valence-electron chi connectivity index (χ4n) is 2.70. The van der Waals surface area contributed by atoms with Gasteiger partial charge in [-0.1, -0.05) is 18.2 Å². The molecular weight excluding hydrogens is 274 g/mol. The van der Waals surface area contributed by atoms with Crippen molar-refractivity contribution in [3.8, 4) is 5.75 Å². The molecule has 20 heavy (non-hydrogen) atoms. The van der Waals surface area contributed by atoms with Crippen LogP contribution in [0.25, 0.3) is 5.57 Å². The number of ether oxygens (including phenoxy) is 1. The quantitative estimate of drug-likeness (QED) is 0.927. The van der Waals surface area contributed by atoms with Gasteiger partial charge in [-0.05, 0) is 56.6 Å². The Kier molecular flexibility index (Phi) is 6.06. The van der Waals surface area contributed by atoms with Crippen LogP contribution in [-0.2, 0) is 0 Å². The lowest BCUT2D eigenvalue weighted by molar-refractivity contribution is 0.00905. The van der Waals surface area contributed by atoms with Gasteiger partial charge < -0.3 is 14.7 Å². The van der Waals surface area contributed by atoms with Gasteiger partial charge in [0.15, 0.2) is 0 Å². The van der Waals surface area contributed by atoms with E-state index in [9.17, 15) is 5.11 Å². The minimum absolute atomic E-state index is 0. The molecule has 0 radical (unpaired) electrons. The molecule has 0 aliphatic heterocycles. The molecule has 3 nitrogen and oxygen atoms in total. The van der Waals surface area contributed by atoms with Gasteiger partial charge in [0.1, 0.15) is 5.75 Å². The Bertz CT molecular complexity index is 473. The molecule has 0 saturated heterocycles. The number of halogens is 1. The van der Waals surface area contributed by atoms with Crippen molar-refractivity contribution in [1.29, 1.82) is 0 Å². The van der Waals surface area contributed by atoms with Crippen molar-refractivity contribution in [3.05, 3.63) is 35.9 Å². The summed E-state index contributed by atoms with van der Waals surface area (Å²) in [7, 11) is 5.68. The van der Waals surface area contributed by atoms with Gasteiger partial charge in [0.05, 0.1) is 12.7 Å². The largest absolute Gasteiger partial charge is 0.497 e. The predicted molar refractivity (Wildman–Crippen MR) is 85.6 cm³/mol. The molecule has 1 atom stereocenters. The summed E-state index contributed by atoms with van der Waals surface area (Å²) in [6, 6.07) is 8.12. The SMILES string of the molecule is COc1cccc(C2=CCC(O)(CN(C)C)CC2)c1.Cl. The van der Waals surface area contributed by atoms with Gasteiger partial charge in [-0.2, -0.15) is 0 Å². The number of allylic oxidation sites excluding steroid dienone is 1. The second-order valence-electron chi connectivity index (χ2n) is 5.63. The van der Waals surface area contributed by atoms with Gasteiger partial charge in [-0.25, -0.2) is 0 Å². The van der Waals surface area contributed by atoms with Crippen LogP contribution in [0, 0.1) is 0 Å². The molecule has 0 aromatic heterocycles. The number of hydrogen-bond donors (Lipinski definition) is 1. The first kappa shape index (κ1) is 17.0. The van der Waals surface area contributed by atoms with Crippen molar-refractivity contribution < 1.29 is 9.84 Å². The third-order valence-corrected chi connectivity index (χ3v) is 3.64. The van der Waals surface area contributed by atoms with Gasteiger partial charge in [-0.3, -0.25) is 0 Å². The van der Waals surface area contributed by atoms with E-state index in [0.717, 1.165) is 31.6 Å². The van der Waals surface area contributed by atoms with Crippen LogP contribution in [0.4, 0.5) is 0 Å². The molecule has 0 amide bonds. The molecule has 4 heteroatoms. The van der Waals surface area contributed by atoms with Crippen LogP contribution < -0.4 is 4.74 Å². The number of likely N-dealkylation sites (N-methyl/N-ethyl adjacent to an activating group) is 1. The van der Waals surface area contributed by atoms with E-state index in [2.05, 4.69) is 18.2 Å². The predicted octanol–water partition coefficient (Wildman–Crippen LogP) is 2.98. The van der Waals surface area contributed by atoms with Crippen LogP contribution in [0.1, 0.15) is 24.8 Å². The van der Waals surface area contributed by atoms with E-state index in [-0.39, 0.29) is 12.4 Å². The zero-order chi connectivity index (χ0) is 13.9. The van der Waals surface area contributed by atoms with Crippen LogP contribution in [-0.4, -0.2) is 43.4 Å². The monoisotopic (exact) mass is 297 g/mol. The minimum atomic E-state index is -0.578. The highest BCUT2D eigenvalue weighted by Crippen LogP contribution is 2.34. The number of rotatable bonds is 4. The van der Waals surface area contributed by atoms with E-state index in [1.165, 1.54) is 11.1 Å². The first-order valence-corrected chi connectivity index (χ1v) is 6.73. The highest BCUT2D eigenvalue weighted by molar-refractivity contribution is 5.85. The second kappa shape index (κ2) is 7.11. The number of benzene rings is 1. The average molecular weight is 298 g/mol. The van der Waals surface area contributed by atoms with Crippen molar-refractivity contribution in [2.45, 2.75) is 24.9 Å². The molecule has 2 rings (SSSR count). The minimum Gasteiger partial charge on any atom is -0.497 e. The molecule has 0 fully saturated rings. The van der Waals surface area contributed by atoms with Gasteiger partial charge >= 0.3 is 0 Å². The number of nitrogens with zero attached hydrogens (tertiary/aromatic N) is 1. The lowest BCUT2D eigenvalue weighted by Crippen LogP contribution is -2.41. The summed E-state index contributed by atoms with van der Waals surface area (Å²) in [6.45, 7) is 0.717. The number of hydrogen-bond acceptors (Lipinski definition) is 3. The maximum Gasteiger partial charge on any atom is 0.119 e.